The Bertz CT molecular complexity index is 1880. The molecule has 4 N–H and O–H groups in total. The molecule has 41 heavy (non-hydrogen) atoms. The summed E-state index contributed by atoms with van der Waals surface area (Å²) in [5.74, 6) is 1.32. The molecule has 7 aromatic heterocycles. The van der Waals surface area contributed by atoms with Gasteiger partial charge in [0.05, 0.1) is 17.6 Å². The van der Waals surface area contributed by atoms with E-state index in [9.17, 15) is 0 Å². The Balaban J connectivity index is 1.66. The predicted molar refractivity (Wildman–Crippen MR) is 155 cm³/mol. The van der Waals surface area contributed by atoms with Gasteiger partial charge in [0.2, 0.25) is 0 Å². The predicted octanol–water partition coefficient (Wildman–Crippen LogP) is 4.29. The van der Waals surface area contributed by atoms with Crippen LogP contribution < -0.4 is 4.90 Å². The number of aromatic amines is 4. The van der Waals surface area contributed by atoms with Crippen LogP contribution in [0.5, 0.6) is 0 Å². The number of hydrogen-bond acceptors (Lipinski definition) is 12. The van der Waals surface area contributed by atoms with E-state index >= 15 is 0 Å². The maximum absolute atomic E-state index is 4.92. The van der Waals surface area contributed by atoms with Crippen molar-refractivity contribution in [3.05, 3.63) is 111 Å². The summed E-state index contributed by atoms with van der Waals surface area (Å²) in [7, 11) is 0. The van der Waals surface area contributed by atoms with Crippen LogP contribution in [0.25, 0.3) is 22.4 Å². The molecular weight excluding hydrogens is 579 g/mol. The van der Waals surface area contributed by atoms with E-state index in [1.807, 2.05) is 46.6 Å². The second-order valence-electron chi connectivity index (χ2n) is 8.85. The van der Waals surface area contributed by atoms with E-state index in [0.717, 1.165) is 38.8 Å². The van der Waals surface area contributed by atoms with E-state index in [2.05, 4.69) is 45.0 Å². The van der Waals surface area contributed by atoms with Gasteiger partial charge in [-0.2, -0.15) is 24.9 Å². The molecule has 8 rings (SSSR count). The zero-order chi connectivity index (χ0) is 27.2. The maximum Gasteiger partial charge on any atom is 0.172 e. The highest BCUT2D eigenvalue weighted by atomic mass is 32.1. The number of nitrogens with zero attached hydrogens (tertiary/aromatic N) is 9. The normalized spacial score (nSPS) is 17.6. The number of thiazole rings is 1. The summed E-state index contributed by atoms with van der Waals surface area (Å²) < 4.78 is 9.12. The molecule has 0 amide bonds. The van der Waals surface area contributed by atoms with Crippen LogP contribution in [0.3, 0.4) is 0 Å². The van der Waals surface area contributed by atoms with Crippen molar-refractivity contribution in [1.29, 1.82) is 0 Å². The van der Waals surface area contributed by atoms with Crippen molar-refractivity contribution < 1.29 is 0 Å². The first-order valence-corrected chi connectivity index (χ1v) is 14.8. The highest BCUT2D eigenvalue weighted by Crippen LogP contribution is 2.59. The van der Waals surface area contributed by atoms with Crippen molar-refractivity contribution in [1.82, 2.24) is 59.5 Å². The van der Waals surface area contributed by atoms with Gasteiger partial charge in [-0.3, -0.25) is 10.00 Å². The lowest BCUT2D eigenvalue weighted by molar-refractivity contribution is 0.633. The van der Waals surface area contributed by atoms with Gasteiger partial charge in [-0.1, -0.05) is 4.49 Å². The molecular formula is C25H17N13S3. The van der Waals surface area contributed by atoms with Gasteiger partial charge < -0.3 is 9.97 Å². The molecule has 0 spiro atoms. The Morgan fingerprint density at radius 2 is 1.88 bits per heavy atom. The third kappa shape index (κ3) is 3.51. The Morgan fingerprint density at radius 3 is 2.54 bits per heavy atom. The van der Waals surface area contributed by atoms with Crippen LogP contribution >= 0.6 is 34.4 Å². The van der Waals surface area contributed by atoms with Gasteiger partial charge >= 0.3 is 0 Å². The van der Waals surface area contributed by atoms with Crippen LogP contribution in [0.1, 0.15) is 33.6 Å². The molecule has 0 bridgehead atoms. The van der Waals surface area contributed by atoms with Crippen LogP contribution in [-0.2, 0) is 5.54 Å². The molecule has 16 heteroatoms. The molecule has 0 aliphatic carbocycles. The van der Waals surface area contributed by atoms with Gasteiger partial charge in [0.25, 0.3) is 0 Å². The van der Waals surface area contributed by atoms with Gasteiger partial charge in [-0.05, 0) is 47.3 Å². The largest absolute Gasteiger partial charge is 0.361 e. The molecule has 8 heterocycles. The van der Waals surface area contributed by atoms with Crippen molar-refractivity contribution in [3.63, 3.8) is 0 Å². The zero-order valence-electron chi connectivity index (χ0n) is 20.8. The molecule has 0 fully saturated rings. The fraction of sp³-hybridized carbons (Fsp3) is 0.0400. The zero-order valence-corrected chi connectivity index (χ0v) is 23.2. The summed E-state index contributed by atoms with van der Waals surface area (Å²) in [4.78, 5) is 18.6. The summed E-state index contributed by atoms with van der Waals surface area (Å²) in [6.07, 6.45) is 10.7. The number of aromatic nitrogens is 12. The van der Waals surface area contributed by atoms with E-state index in [0.29, 0.717) is 23.0 Å². The molecule has 1 aliphatic rings. The molecule has 13 nitrogen and oxygen atoms in total. The first-order valence-electron chi connectivity index (χ1n) is 12.2. The highest BCUT2D eigenvalue weighted by molar-refractivity contribution is 7.09. The number of nitrogens with one attached hydrogen (secondary N) is 4. The van der Waals surface area contributed by atoms with Crippen molar-refractivity contribution in [2.45, 2.75) is 5.54 Å². The lowest BCUT2D eigenvalue weighted by Gasteiger charge is -2.48. The fourth-order valence-corrected chi connectivity index (χ4v) is 7.15. The lowest BCUT2D eigenvalue weighted by atomic mass is 9.73. The second kappa shape index (κ2) is 9.54. The number of rotatable bonds is 7. The smallest absolute Gasteiger partial charge is 0.172 e. The summed E-state index contributed by atoms with van der Waals surface area (Å²) in [6.45, 7) is 0. The van der Waals surface area contributed by atoms with Gasteiger partial charge in [-0.25, -0.2) is 9.97 Å². The van der Waals surface area contributed by atoms with E-state index in [4.69, 9.17) is 19.4 Å². The molecule has 1 aliphatic heterocycles. The quantitative estimate of drug-likeness (QED) is 0.210. The Morgan fingerprint density at radius 1 is 0.878 bits per heavy atom. The average molecular weight is 596 g/mol. The fourth-order valence-electron chi connectivity index (χ4n) is 5.38. The van der Waals surface area contributed by atoms with Crippen LogP contribution in [0.4, 0.5) is 5.82 Å². The summed E-state index contributed by atoms with van der Waals surface area (Å²) >= 11 is 4.13. The van der Waals surface area contributed by atoms with Crippen LogP contribution in [-0.4, -0.2) is 59.5 Å². The summed E-state index contributed by atoms with van der Waals surface area (Å²) in [5.41, 5.74) is 4.85. The summed E-state index contributed by atoms with van der Waals surface area (Å²) in [5, 5.41) is 30.5. The number of H-pyrrole nitrogens is 4. The first-order chi connectivity index (χ1) is 20.4. The molecule has 0 aromatic carbocycles. The molecule has 1 unspecified atom stereocenters. The van der Waals surface area contributed by atoms with Crippen molar-refractivity contribution in [3.8, 4) is 0 Å². The number of hydrogen-bond donors (Lipinski definition) is 4. The Labute approximate surface area is 243 Å². The lowest BCUT2D eigenvalue weighted by Crippen LogP contribution is -2.50. The molecule has 200 valence electrons. The van der Waals surface area contributed by atoms with Gasteiger partial charge in [0, 0.05) is 69.5 Å². The molecule has 0 saturated heterocycles. The second-order valence-corrected chi connectivity index (χ2v) is 11.0. The molecule has 0 radical (unpaired) electrons. The Hall–Kier alpha value is -5.06. The maximum atomic E-state index is 4.92. The number of allylic oxidation sites excluding steroid dienone is 2. The SMILES string of the molecule is c1c[nH]c(C2=C(c3csnn3)N(c3ccsn3)C(c3cn[nH]n3)(c3nccs3)C(c3ccn[nH]3)=C2c2ncc[nH]2)c1. The molecule has 7 aromatic rings. The van der Waals surface area contributed by atoms with Gasteiger partial charge in [-0.15, -0.1) is 16.4 Å². The minimum Gasteiger partial charge on any atom is -0.361 e. The standard InChI is InChI=1S/C25H17N13S3/c1-2-14(26-5-1)19-20(23-27-7-8-28-23)21(15-3-6-30-32-15)25(17-12-31-36-34-17,24-29-9-11-39-24)38(18-4-10-40-35-18)22(19)16-13-41-37-33-16/h1-13,26H,(H,27,28)(H,30,32)(H,31,34,36). The van der Waals surface area contributed by atoms with E-state index < -0.39 is 5.54 Å². The van der Waals surface area contributed by atoms with Crippen LogP contribution in [0.2, 0.25) is 0 Å². The minimum absolute atomic E-state index is 0.598. The molecule has 0 saturated carbocycles. The van der Waals surface area contributed by atoms with Crippen molar-refractivity contribution >= 4 is 62.6 Å². The number of imidazole rings is 1. The average Bonchev–Trinajstić information content (AvgIpc) is 3.87. The third-order valence-corrected chi connectivity index (χ3v) is 8.75. The monoisotopic (exact) mass is 595 g/mol. The van der Waals surface area contributed by atoms with Crippen LogP contribution in [0.15, 0.2) is 77.6 Å². The van der Waals surface area contributed by atoms with E-state index in [1.54, 1.807) is 31.0 Å². The van der Waals surface area contributed by atoms with Gasteiger partial charge in [0.1, 0.15) is 28.0 Å². The van der Waals surface area contributed by atoms with E-state index in [1.165, 1.54) is 34.4 Å². The first kappa shape index (κ1) is 23.8. The minimum atomic E-state index is -1.20. The Kier molecular flexibility index (Phi) is 5.54. The molecule has 1 atom stereocenters. The van der Waals surface area contributed by atoms with Crippen LogP contribution in [0, 0.1) is 0 Å². The van der Waals surface area contributed by atoms with E-state index in [-0.39, 0.29) is 0 Å². The number of anilines is 1. The van der Waals surface area contributed by atoms with Gasteiger partial charge in [0.15, 0.2) is 5.54 Å². The third-order valence-electron chi connectivity index (χ3n) is 6.81. The van der Waals surface area contributed by atoms with Crippen molar-refractivity contribution in [2.24, 2.45) is 0 Å². The summed E-state index contributed by atoms with van der Waals surface area (Å²) in [6, 6.07) is 7.89. The highest BCUT2D eigenvalue weighted by Gasteiger charge is 2.57. The topological polar surface area (TPSA) is 170 Å². The van der Waals surface area contributed by atoms with Crippen molar-refractivity contribution in [2.75, 3.05) is 4.90 Å².